The van der Waals surface area contributed by atoms with Crippen LogP contribution in [-0.2, 0) is 0 Å². The third-order valence-corrected chi connectivity index (χ3v) is 5.20. The molecular weight excluding hydrogens is 322 g/mol. The lowest BCUT2D eigenvalue weighted by atomic mass is 9.98. The summed E-state index contributed by atoms with van der Waals surface area (Å²) in [5.74, 6) is 2.79. The normalized spacial score (nSPS) is 15.4. The standard InChI is InChI=1S/C22H25N3O/c1-3-16(2)17-10-4-7-13-20(17)26-22-21(25-14-8-9-15-25)23-18-11-5-6-12-19(18)24-22/h4-7,10-13,16H,3,8-9,14-15H2,1-2H3. The maximum atomic E-state index is 6.37. The molecule has 1 saturated heterocycles. The van der Waals surface area contributed by atoms with Gasteiger partial charge in [0.1, 0.15) is 5.75 Å². The molecule has 4 nitrogen and oxygen atoms in total. The maximum Gasteiger partial charge on any atom is 0.263 e. The highest BCUT2D eigenvalue weighted by molar-refractivity contribution is 5.77. The van der Waals surface area contributed by atoms with Gasteiger partial charge in [-0.3, -0.25) is 0 Å². The lowest BCUT2D eigenvalue weighted by Crippen LogP contribution is -2.20. The molecule has 1 aliphatic heterocycles. The predicted octanol–water partition coefficient (Wildman–Crippen LogP) is 5.54. The molecule has 0 spiro atoms. The fraction of sp³-hybridized carbons (Fsp3) is 0.364. The van der Waals surface area contributed by atoms with Crippen LogP contribution in [0.1, 0.15) is 44.6 Å². The molecule has 0 aliphatic carbocycles. The van der Waals surface area contributed by atoms with Crippen molar-refractivity contribution in [3.63, 3.8) is 0 Å². The van der Waals surface area contributed by atoms with Gasteiger partial charge < -0.3 is 9.64 Å². The third-order valence-electron chi connectivity index (χ3n) is 5.20. The number of fused-ring (bicyclic) bond motifs is 1. The van der Waals surface area contributed by atoms with Gasteiger partial charge in [-0.2, -0.15) is 0 Å². The first kappa shape index (κ1) is 16.8. The minimum atomic E-state index is 0.440. The first-order chi connectivity index (χ1) is 12.8. The van der Waals surface area contributed by atoms with Crippen LogP contribution in [0.3, 0.4) is 0 Å². The summed E-state index contributed by atoms with van der Waals surface area (Å²) in [7, 11) is 0. The number of anilines is 1. The van der Waals surface area contributed by atoms with Crippen molar-refractivity contribution in [3.8, 4) is 11.6 Å². The van der Waals surface area contributed by atoms with Gasteiger partial charge in [-0.25, -0.2) is 9.97 Å². The van der Waals surface area contributed by atoms with Crippen molar-refractivity contribution in [1.82, 2.24) is 9.97 Å². The monoisotopic (exact) mass is 347 g/mol. The number of ether oxygens (including phenoxy) is 1. The SMILES string of the molecule is CCC(C)c1ccccc1Oc1nc2ccccc2nc1N1CCCC1. The summed E-state index contributed by atoms with van der Waals surface area (Å²) in [6, 6.07) is 16.3. The fourth-order valence-electron chi connectivity index (χ4n) is 3.48. The Morgan fingerprint density at radius 2 is 1.62 bits per heavy atom. The van der Waals surface area contributed by atoms with E-state index in [-0.39, 0.29) is 0 Å². The number of hydrogen-bond donors (Lipinski definition) is 0. The van der Waals surface area contributed by atoms with Gasteiger partial charge in [0.25, 0.3) is 5.88 Å². The van der Waals surface area contributed by atoms with Gasteiger partial charge in [0, 0.05) is 13.1 Å². The van der Waals surface area contributed by atoms with E-state index in [2.05, 4.69) is 30.9 Å². The van der Waals surface area contributed by atoms with Gasteiger partial charge in [0.2, 0.25) is 0 Å². The third kappa shape index (κ3) is 3.24. The molecule has 1 fully saturated rings. The number of rotatable bonds is 5. The van der Waals surface area contributed by atoms with Crippen LogP contribution in [0, 0.1) is 0 Å². The van der Waals surface area contributed by atoms with Gasteiger partial charge in [-0.15, -0.1) is 0 Å². The van der Waals surface area contributed by atoms with Crippen molar-refractivity contribution in [2.24, 2.45) is 0 Å². The van der Waals surface area contributed by atoms with Crippen molar-refractivity contribution < 1.29 is 4.74 Å². The molecule has 0 bridgehead atoms. The molecule has 0 radical (unpaired) electrons. The molecule has 4 rings (SSSR count). The van der Waals surface area contributed by atoms with E-state index in [1.807, 2.05) is 36.4 Å². The van der Waals surface area contributed by atoms with Crippen LogP contribution in [0.2, 0.25) is 0 Å². The lowest BCUT2D eigenvalue weighted by Gasteiger charge is -2.21. The number of para-hydroxylation sites is 3. The number of hydrogen-bond acceptors (Lipinski definition) is 4. The summed E-state index contributed by atoms with van der Waals surface area (Å²) in [4.78, 5) is 12.0. The van der Waals surface area contributed by atoms with Crippen LogP contribution in [0.15, 0.2) is 48.5 Å². The quantitative estimate of drug-likeness (QED) is 0.608. The van der Waals surface area contributed by atoms with Crippen LogP contribution >= 0.6 is 0 Å². The first-order valence-corrected chi connectivity index (χ1v) is 9.54. The van der Waals surface area contributed by atoms with Crippen LogP contribution in [0.4, 0.5) is 5.82 Å². The minimum absolute atomic E-state index is 0.440. The van der Waals surface area contributed by atoms with E-state index in [0.29, 0.717) is 11.8 Å². The topological polar surface area (TPSA) is 38.3 Å². The molecule has 1 aromatic heterocycles. The summed E-state index contributed by atoms with van der Waals surface area (Å²) >= 11 is 0. The average Bonchev–Trinajstić information content (AvgIpc) is 3.22. The second kappa shape index (κ2) is 7.32. The Morgan fingerprint density at radius 3 is 2.35 bits per heavy atom. The van der Waals surface area contributed by atoms with E-state index >= 15 is 0 Å². The zero-order valence-electron chi connectivity index (χ0n) is 15.5. The highest BCUT2D eigenvalue weighted by atomic mass is 16.5. The molecule has 134 valence electrons. The molecule has 26 heavy (non-hydrogen) atoms. The van der Waals surface area contributed by atoms with E-state index in [1.54, 1.807) is 0 Å². The summed E-state index contributed by atoms with van der Waals surface area (Å²) < 4.78 is 6.37. The smallest absolute Gasteiger partial charge is 0.263 e. The minimum Gasteiger partial charge on any atom is -0.436 e. The summed E-state index contributed by atoms with van der Waals surface area (Å²) in [5.41, 5.74) is 3.00. The average molecular weight is 347 g/mol. The number of nitrogens with zero attached hydrogens (tertiary/aromatic N) is 3. The second-order valence-electron chi connectivity index (χ2n) is 6.98. The summed E-state index contributed by atoms with van der Waals surface area (Å²) in [5, 5.41) is 0. The van der Waals surface area contributed by atoms with E-state index in [0.717, 1.165) is 42.1 Å². The van der Waals surface area contributed by atoms with Gasteiger partial charge in [0.05, 0.1) is 11.0 Å². The largest absolute Gasteiger partial charge is 0.436 e. The Hall–Kier alpha value is -2.62. The molecule has 1 aliphatic rings. The first-order valence-electron chi connectivity index (χ1n) is 9.54. The summed E-state index contributed by atoms with van der Waals surface area (Å²) in [6.45, 7) is 6.45. The number of benzene rings is 2. The molecule has 0 amide bonds. The van der Waals surface area contributed by atoms with Gasteiger partial charge in [-0.1, -0.05) is 44.2 Å². The van der Waals surface area contributed by atoms with Crippen LogP contribution in [-0.4, -0.2) is 23.1 Å². The van der Waals surface area contributed by atoms with Crippen molar-refractivity contribution in [2.75, 3.05) is 18.0 Å². The van der Waals surface area contributed by atoms with Crippen molar-refractivity contribution in [1.29, 1.82) is 0 Å². The molecule has 4 heteroatoms. The molecule has 2 aromatic carbocycles. The second-order valence-corrected chi connectivity index (χ2v) is 6.98. The van der Waals surface area contributed by atoms with E-state index in [9.17, 15) is 0 Å². The molecule has 0 N–H and O–H groups in total. The van der Waals surface area contributed by atoms with E-state index in [4.69, 9.17) is 14.7 Å². The summed E-state index contributed by atoms with van der Waals surface area (Å²) in [6.07, 6.45) is 3.46. The van der Waals surface area contributed by atoms with Crippen molar-refractivity contribution in [2.45, 2.75) is 39.0 Å². The zero-order chi connectivity index (χ0) is 17.9. The Labute approximate surface area is 154 Å². The molecular formula is C22H25N3O. The lowest BCUT2D eigenvalue weighted by molar-refractivity contribution is 0.451. The van der Waals surface area contributed by atoms with Gasteiger partial charge in [0.15, 0.2) is 5.82 Å². The predicted molar refractivity (Wildman–Crippen MR) is 106 cm³/mol. The van der Waals surface area contributed by atoms with E-state index in [1.165, 1.54) is 18.4 Å². The highest BCUT2D eigenvalue weighted by Crippen LogP contribution is 2.36. The Morgan fingerprint density at radius 1 is 0.962 bits per heavy atom. The molecule has 3 aromatic rings. The number of aromatic nitrogens is 2. The molecule has 1 atom stereocenters. The highest BCUT2D eigenvalue weighted by Gasteiger charge is 2.22. The van der Waals surface area contributed by atoms with E-state index < -0.39 is 0 Å². The van der Waals surface area contributed by atoms with Crippen LogP contribution in [0.25, 0.3) is 11.0 Å². The van der Waals surface area contributed by atoms with Crippen LogP contribution < -0.4 is 9.64 Å². The maximum absolute atomic E-state index is 6.37. The Bertz CT molecular complexity index is 903. The molecule has 0 saturated carbocycles. The van der Waals surface area contributed by atoms with Crippen LogP contribution in [0.5, 0.6) is 11.6 Å². The fourth-order valence-corrected chi connectivity index (χ4v) is 3.48. The van der Waals surface area contributed by atoms with Crippen molar-refractivity contribution >= 4 is 16.9 Å². The Kier molecular flexibility index (Phi) is 4.74. The van der Waals surface area contributed by atoms with Gasteiger partial charge in [-0.05, 0) is 48.9 Å². The Balaban J connectivity index is 1.79. The van der Waals surface area contributed by atoms with Gasteiger partial charge >= 0.3 is 0 Å². The molecule has 1 unspecified atom stereocenters. The molecule has 2 heterocycles. The zero-order valence-corrected chi connectivity index (χ0v) is 15.5. The van der Waals surface area contributed by atoms with Crippen molar-refractivity contribution in [3.05, 3.63) is 54.1 Å².